The summed E-state index contributed by atoms with van der Waals surface area (Å²) in [6, 6.07) is 4.37. The molecule has 5 unspecified atom stereocenters. The summed E-state index contributed by atoms with van der Waals surface area (Å²) in [6.07, 6.45) is 10.9. The number of fused-ring (bicyclic) bond motifs is 2. The van der Waals surface area contributed by atoms with Gasteiger partial charge in [0.05, 0.1) is 6.10 Å². The van der Waals surface area contributed by atoms with Crippen molar-refractivity contribution in [2.45, 2.75) is 83.7 Å². The molecule has 2 saturated carbocycles. The van der Waals surface area contributed by atoms with Crippen molar-refractivity contribution in [2.75, 3.05) is 6.61 Å². The van der Waals surface area contributed by atoms with E-state index in [9.17, 15) is 0 Å². The summed E-state index contributed by atoms with van der Waals surface area (Å²) in [4.78, 5) is 0. The normalized spacial score (nSPS) is 35.1. The molecule has 0 N–H and O–H groups in total. The Labute approximate surface area is 152 Å². The van der Waals surface area contributed by atoms with Crippen LogP contribution < -0.4 is 0 Å². The number of benzene rings is 1. The molecule has 0 aromatic heterocycles. The van der Waals surface area contributed by atoms with Crippen LogP contribution in [0.2, 0.25) is 0 Å². The lowest BCUT2D eigenvalue weighted by atomic mass is 9.65. The van der Waals surface area contributed by atoms with Gasteiger partial charge < -0.3 is 4.74 Å². The van der Waals surface area contributed by atoms with Gasteiger partial charge in [-0.2, -0.15) is 0 Å². The summed E-state index contributed by atoms with van der Waals surface area (Å²) in [5.41, 5.74) is 3.34. The van der Waals surface area contributed by atoms with Gasteiger partial charge in [-0.15, -0.1) is 0 Å². The Morgan fingerprint density at radius 1 is 1.04 bits per heavy atom. The largest absolute Gasteiger partial charge is 0.378 e. The Bertz CT molecular complexity index is 610. The van der Waals surface area contributed by atoms with Crippen molar-refractivity contribution >= 4 is 0 Å². The van der Waals surface area contributed by atoms with Gasteiger partial charge in [-0.1, -0.05) is 19.1 Å². The SMILES string of the molecule is CCOC1CCC2CC(c3ccc4c(c3F)CCC(C)C4)CCC2C1. The molecular weight excluding hydrogens is 311 g/mol. The number of ether oxygens (including phenoxy) is 1. The molecule has 0 saturated heterocycles. The highest BCUT2D eigenvalue weighted by atomic mass is 19.1. The highest BCUT2D eigenvalue weighted by Crippen LogP contribution is 2.47. The van der Waals surface area contributed by atoms with E-state index >= 15 is 4.39 Å². The van der Waals surface area contributed by atoms with Gasteiger partial charge in [0.2, 0.25) is 0 Å². The lowest BCUT2D eigenvalue weighted by Gasteiger charge is -2.42. The summed E-state index contributed by atoms with van der Waals surface area (Å²) in [5, 5.41) is 0. The molecule has 3 aliphatic carbocycles. The topological polar surface area (TPSA) is 9.23 Å². The lowest BCUT2D eigenvalue weighted by Crippen LogP contribution is -2.34. The Morgan fingerprint density at radius 2 is 1.84 bits per heavy atom. The summed E-state index contributed by atoms with van der Waals surface area (Å²) in [6.45, 7) is 5.22. The maximum absolute atomic E-state index is 15.2. The van der Waals surface area contributed by atoms with Crippen molar-refractivity contribution in [3.8, 4) is 0 Å². The third kappa shape index (κ3) is 3.52. The van der Waals surface area contributed by atoms with E-state index in [0.717, 1.165) is 55.3 Å². The van der Waals surface area contributed by atoms with Gasteiger partial charge in [-0.25, -0.2) is 4.39 Å². The van der Waals surface area contributed by atoms with Gasteiger partial charge in [0.1, 0.15) is 5.82 Å². The van der Waals surface area contributed by atoms with E-state index in [0.29, 0.717) is 17.9 Å². The van der Waals surface area contributed by atoms with Crippen LogP contribution >= 0.6 is 0 Å². The fraction of sp³-hybridized carbons (Fsp3) is 0.739. The third-order valence-electron chi connectivity index (χ3n) is 7.23. The minimum absolute atomic E-state index is 0.149. The summed E-state index contributed by atoms with van der Waals surface area (Å²) >= 11 is 0. The standard InChI is InChI=1S/C23H33FO/c1-3-25-20-9-7-16-13-19(6-5-17(16)14-20)22-11-8-18-12-15(2)4-10-21(18)23(22)24/h8,11,15-17,19-20H,3-7,9-10,12-14H2,1-2H3. The monoisotopic (exact) mass is 344 g/mol. The zero-order valence-corrected chi connectivity index (χ0v) is 15.9. The molecule has 0 amide bonds. The lowest BCUT2D eigenvalue weighted by molar-refractivity contribution is -0.00969. The maximum Gasteiger partial charge on any atom is 0.130 e. The molecule has 0 heterocycles. The molecule has 0 spiro atoms. The predicted octanol–water partition coefficient (Wildman–Crippen LogP) is 6.04. The number of rotatable bonds is 3. The van der Waals surface area contributed by atoms with Crippen LogP contribution in [0.25, 0.3) is 0 Å². The van der Waals surface area contributed by atoms with Gasteiger partial charge in [0.25, 0.3) is 0 Å². The Kier molecular flexibility index (Phi) is 5.18. The van der Waals surface area contributed by atoms with E-state index < -0.39 is 0 Å². The molecule has 2 heteroatoms. The van der Waals surface area contributed by atoms with Crippen molar-refractivity contribution < 1.29 is 9.13 Å². The van der Waals surface area contributed by atoms with Crippen molar-refractivity contribution in [1.82, 2.24) is 0 Å². The first-order valence-electron chi connectivity index (χ1n) is 10.6. The van der Waals surface area contributed by atoms with Crippen LogP contribution in [0.4, 0.5) is 4.39 Å². The average Bonchev–Trinajstić information content (AvgIpc) is 2.62. The van der Waals surface area contributed by atoms with E-state index in [1.807, 2.05) is 0 Å². The molecular formula is C23H33FO. The molecule has 4 rings (SSSR count). The zero-order chi connectivity index (χ0) is 17.4. The van der Waals surface area contributed by atoms with E-state index in [1.165, 1.54) is 37.7 Å². The van der Waals surface area contributed by atoms with Crippen LogP contribution in [-0.4, -0.2) is 12.7 Å². The number of halogens is 1. The second-order valence-corrected chi connectivity index (χ2v) is 8.87. The fourth-order valence-electron chi connectivity index (χ4n) is 5.84. The minimum atomic E-state index is 0.149. The van der Waals surface area contributed by atoms with Crippen LogP contribution in [0.5, 0.6) is 0 Å². The van der Waals surface area contributed by atoms with E-state index in [1.54, 1.807) is 0 Å². The van der Waals surface area contributed by atoms with Crippen molar-refractivity contribution in [3.63, 3.8) is 0 Å². The fourth-order valence-corrected chi connectivity index (χ4v) is 5.84. The molecule has 138 valence electrons. The van der Waals surface area contributed by atoms with E-state index in [2.05, 4.69) is 26.0 Å². The summed E-state index contributed by atoms with van der Waals surface area (Å²) in [7, 11) is 0. The molecule has 5 atom stereocenters. The molecule has 1 aromatic carbocycles. The molecule has 1 aromatic rings. The van der Waals surface area contributed by atoms with Gasteiger partial charge in [-0.3, -0.25) is 0 Å². The number of hydrogen-bond donors (Lipinski definition) is 0. The molecule has 3 aliphatic rings. The van der Waals surface area contributed by atoms with Gasteiger partial charge in [-0.05, 0) is 105 Å². The van der Waals surface area contributed by atoms with Crippen LogP contribution in [0, 0.1) is 23.6 Å². The summed E-state index contributed by atoms with van der Waals surface area (Å²) in [5.74, 6) is 2.88. The van der Waals surface area contributed by atoms with Crippen molar-refractivity contribution in [2.24, 2.45) is 17.8 Å². The molecule has 0 bridgehead atoms. The zero-order valence-electron chi connectivity index (χ0n) is 15.9. The van der Waals surface area contributed by atoms with Gasteiger partial charge in [0, 0.05) is 6.61 Å². The number of hydrogen-bond acceptors (Lipinski definition) is 1. The first-order valence-corrected chi connectivity index (χ1v) is 10.6. The Hall–Kier alpha value is -0.890. The molecule has 0 radical (unpaired) electrons. The highest BCUT2D eigenvalue weighted by molar-refractivity contribution is 5.38. The van der Waals surface area contributed by atoms with E-state index in [-0.39, 0.29) is 5.82 Å². The van der Waals surface area contributed by atoms with Gasteiger partial charge >= 0.3 is 0 Å². The molecule has 25 heavy (non-hydrogen) atoms. The highest BCUT2D eigenvalue weighted by Gasteiger charge is 2.37. The first-order chi connectivity index (χ1) is 12.2. The quantitative estimate of drug-likeness (QED) is 0.649. The first kappa shape index (κ1) is 17.5. The second-order valence-electron chi connectivity index (χ2n) is 8.87. The predicted molar refractivity (Wildman–Crippen MR) is 100 cm³/mol. The summed E-state index contributed by atoms with van der Waals surface area (Å²) < 4.78 is 21.1. The smallest absolute Gasteiger partial charge is 0.130 e. The van der Waals surface area contributed by atoms with Crippen LogP contribution in [0.15, 0.2) is 12.1 Å². The van der Waals surface area contributed by atoms with Crippen LogP contribution in [0.3, 0.4) is 0 Å². The van der Waals surface area contributed by atoms with E-state index in [4.69, 9.17) is 4.74 Å². The van der Waals surface area contributed by atoms with Crippen molar-refractivity contribution in [3.05, 3.63) is 34.6 Å². The maximum atomic E-state index is 15.2. The molecule has 2 fully saturated rings. The third-order valence-corrected chi connectivity index (χ3v) is 7.23. The second kappa shape index (κ2) is 7.39. The van der Waals surface area contributed by atoms with Gasteiger partial charge in [0.15, 0.2) is 0 Å². The Balaban J connectivity index is 1.47. The van der Waals surface area contributed by atoms with Crippen molar-refractivity contribution in [1.29, 1.82) is 0 Å². The Morgan fingerprint density at radius 3 is 2.68 bits per heavy atom. The minimum Gasteiger partial charge on any atom is -0.378 e. The van der Waals surface area contributed by atoms with Crippen LogP contribution in [-0.2, 0) is 17.6 Å². The molecule has 1 nitrogen and oxygen atoms in total. The molecule has 0 aliphatic heterocycles. The average molecular weight is 345 g/mol. The van der Waals surface area contributed by atoms with Crippen LogP contribution in [0.1, 0.15) is 81.4 Å².